The van der Waals surface area contributed by atoms with Crippen LogP contribution in [0.25, 0.3) is 0 Å². The molecule has 0 amide bonds. The van der Waals surface area contributed by atoms with Crippen molar-refractivity contribution in [2.24, 2.45) is 5.92 Å². The molecule has 0 aromatic carbocycles. The van der Waals surface area contributed by atoms with Gasteiger partial charge in [-0.05, 0) is 51.9 Å². The zero-order chi connectivity index (χ0) is 25.9. The Labute approximate surface area is 202 Å². The summed E-state index contributed by atoms with van der Waals surface area (Å²) in [5.41, 5.74) is 0.349. The molecule has 0 bridgehead atoms. The Bertz CT molecular complexity index is 690. The maximum atomic E-state index is 11.6. The first-order valence-electron chi connectivity index (χ1n) is 11.8. The lowest BCUT2D eigenvalue weighted by molar-refractivity contribution is -0.322. The molecule has 9 nitrogen and oxygen atoms in total. The van der Waals surface area contributed by atoms with Crippen molar-refractivity contribution < 1.29 is 43.9 Å². The highest BCUT2D eigenvalue weighted by atomic mass is 16.7. The van der Waals surface area contributed by atoms with Crippen LogP contribution in [0.4, 0.5) is 0 Å². The highest BCUT2D eigenvalue weighted by Crippen LogP contribution is 2.31. The van der Waals surface area contributed by atoms with Crippen molar-refractivity contribution in [3.05, 3.63) is 24.3 Å². The summed E-state index contributed by atoms with van der Waals surface area (Å²) in [5.74, 6) is -0.931. The van der Waals surface area contributed by atoms with E-state index in [9.17, 15) is 19.8 Å². The molecule has 1 aliphatic rings. The Kier molecular flexibility index (Phi) is 13.0. The number of aliphatic hydroxyl groups excluding tert-OH is 3. The van der Waals surface area contributed by atoms with Crippen LogP contribution in [0, 0.1) is 5.92 Å². The highest BCUT2D eigenvalue weighted by molar-refractivity contribution is 5.66. The SMILES string of the molecule is C=CC(C)(CC/C=C(\C)CCCC(C)CO)O[C@@H]1O[C@H](COC(C)=O)[C@@H](O)[C@H](O)[C@H]1OC(C)=O. The molecule has 0 aromatic rings. The van der Waals surface area contributed by atoms with E-state index in [1.54, 1.807) is 13.0 Å². The Balaban J connectivity index is 2.85. The Morgan fingerprint density at radius 1 is 1.18 bits per heavy atom. The van der Waals surface area contributed by atoms with Crippen LogP contribution in [0.5, 0.6) is 0 Å². The van der Waals surface area contributed by atoms with Crippen LogP contribution in [0.15, 0.2) is 24.3 Å². The first-order chi connectivity index (χ1) is 15.9. The molecule has 1 saturated heterocycles. The van der Waals surface area contributed by atoms with Crippen LogP contribution in [-0.2, 0) is 28.5 Å². The summed E-state index contributed by atoms with van der Waals surface area (Å²) in [6.45, 7) is 12.1. The standard InChI is InChI=1S/C25H42O9/c1-7-25(6,13-9-12-16(2)10-8-11-17(3)14-26)34-24-23(32-19(5)28)22(30)21(29)20(33-24)15-31-18(4)27/h7,12,17,20-24,26,29-30H,1,8-11,13-15H2,2-6H3/b16-12+/t17?,20-,21-,22+,23-,24+,25?/m1/s1. The number of ether oxygens (including phenoxy) is 4. The summed E-state index contributed by atoms with van der Waals surface area (Å²) in [5, 5.41) is 30.1. The fourth-order valence-corrected chi connectivity index (χ4v) is 3.66. The van der Waals surface area contributed by atoms with Gasteiger partial charge in [-0.25, -0.2) is 0 Å². The molecular weight excluding hydrogens is 444 g/mol. The third kappa shape index (κ3) is 10.2. The Hall–Kier alpha value is -1.78. The molecular formula is C25H42O9. The largest absolute Gasteiger partial charge is 0.463 e. The molecule has 196 valence electrons. The first-order valence-corrected chi connectivity index (χ1v) is 11.8. The van der Waals surface area contributed by atoms with Gasteiger partial charge in [0.05, 0.1) is 5.60 Å². The van der Waals surface area contributed by atoms with E-state index in [4.69, 9.17) is 24.1 Å². The number of rotatable bonds is 14. The van der Waals surface area contributed by atoms with Crippen molar-refractivity contribution in [3.8, 4) is 0 Å². The number of hydrogen-bond donors (Lipinski definition) is 3. The molecule has 1 fully saturated rings. The van der Waals surface area contributed by atoms with E-state index >= 15 is 0 Å². The summed E-state index contributed by atoms with van der Waals surface area (Å²) in [7, 11) is 0. The van der Waals surface area contributed by atoms with Gasteiger partial charge in [0.1, 0.15) is 24.9 Å². The molecule has 7 atom stereocenters. The highest BCUT2D eigenvalue weighted by Gasteiger charge is 2.49. The lowest BCUT2D eigenvalue weighted by atomic mass is 9.96. The maximum Gasteiger partial charge on any atom is 0.303 e. The van der Waals surface area contributed by atoms with E-state index in [2.05, 4.69) is 19.6 Å². The van der Waals surface area contributed by atoms with Crippen LogP contribution in [0.1, 0.15) is 66.7 Å². The number of carbonyl (C=O) groups is 2. The van der Waals surface area contributed by atoms with Gasteiger partial charge in [0, 0.05) is 20.5 Å². The van der Waals surface area contributed by atoms with Gasteiger partial charge in [-0.15, -0.1) is 6.58 Å². The van der Waals surface area contributed by atoms with Crippen molar-refractivity contribution in [1.82, 2.24) is 0 Å². The summed E-state index contributed by atoms with van der Waals surface area (Å²) in [6.07, 6.45) is 1.40. The van der Waals surface area contributed by atoms with E-state index in [1.165, 1.54) is 19.4 Å². The smallest absolute Gasteiger partial charge is 0.303 e. The lowest BCUT2D eigenvalue weighted by Crippen LogP contribution is -2.61. The summed E-state index contributed by atoms with van der Waals surface area (Å²) in [4.78, 5) is 22.8. The fraction of sp³-hybridized carbons (Fsp3) is 0.760. The number of esters is 2. The second kappa shape index (κ2) is 14.6. The van der Waals surface area contributed by atoms with Gasteiger partial charge in [0.2, 0.25) is 0 Å². The second-order valence-electron chi connectivity index (χ2n) is 9.30. The topological polar surface area (TPSA) is 132 Å². The van der Waals surface area contributed by atoms with Crippen LogP contribution >= 0.6 is 0 Å². The molecule has 0 saturated carbocycles. The van der Waals surface area contributed by atoms with Gasteiger partial charge in [0.15, 0.2) is 12.4 Å². The average Bonchev–Trinajstić information content (AvgIpc) is 2.77. The van der Waals surface area contributed by atoms with E-state index < -0.39 is 48.2 Å². The normalized spacial score (nSPS) is 28.0. The van der Waals surface area contributed by atoms with Crippen LogP contribution in [0.2, 0.25) is 0 Å². The Morgan fingerprint density at radius 3 is 2.41 bits per heavy atom. The second-order valence-corrected chi connectivity index (χ2v) is 9.30. The molecule has 0 aromatic heterocycles. The third-order valence-electron chi connectivity index (χ3n) is 5.93. The van der Waals surface area contributed by atoms with Gasteiger partial charge < -0.3 is 34.3 Å². The lowest BCUT2D eigenvalue weighted by Gasteiger charge is -2.44. The number of aliphatic hydroxyl groups is 3. The summed E-state index contributed by atoms with van der Waals surface area (Å²) < 4.78 is 22.0. The van der Waals surface area contributed by atoms with E-state index in [0.29, 0.717) is 18.8 Å². The minimum absolute atomic E-state index is 0.197. The van der Waals surface area contributed by atoms with Crippen molar-refractivity contribution in [3.63, 3.8) is 0 Å². The van der Waals surface area contributed by atoms with Gasteiger partial charge >= 0.3 is 11.9 Å². The fourth-order valence-electron chi connectivity index (χ4n) is 3.66. The molecule has 1 heterocycles. The number of hydrogen-bond acceptors (Lipinski definition) is 9. The van der Waals surface area contributed by atoms with Crippen LogP contribution in [-0.4, -0.2) is 76.8 Å². The molecule has 0 spiro atoms. The van der Waals surface area contributed by atoms with Gasteiger partial charge in [-0.3, -0.25) is 9.59 Å². The predicted octanol–water partition coefficient (Wildman–Crippen LogP) is 2.41. The van der Waals surface area contributed by atoms with E-state index in [0.717, 1.165) is 19.3 Å². The zero-order valence-electron chi connectivity index (χ0n) is 21.1. The van der Waals surface area contributed by atoms with E-state index in [-0.39, 0.29) is 13.2 Å². The van der Waals surface area contributed by atoms with Crippen molar-refractivity contribution >= 4 is 11.9 Å². The van der Waals surface area contributed by atoms with Crippen molar-refractivity contribution in [2.45, 2.75) is 103 Å². The number of carbonyl (C=O) groups excluding carboxylic acids is 2. The summed E-state index contributed by atoms with van der Waals surface area (Å²) >= 11 is 0. The van der Waals surface area contributed by atoms with Gasteiger partial charge in [-0.2, -0.15) is 0 Å². The maximum absolute atomic E-state index is 11.6. The molecule has 1 rings (SSSR count). The van der Waals surface area contributed by atoms with Crippen LogP contribution < -0.4 is 0 Å². The minimum Gasteiger partial charge on any atom is -0.463 e. The van der Waals surface area contributed by atoms with Crippen molar-refractivity contribution in [1.29, 1.82) is 0 Å². The first kappa shape index (κ1) is 30.3. The predicted molar refractivity (Wildman–Crippen MR) is 126 cm³/mol. The van der Waals surface area contributed by atoms with Crippen LogP contribution in [0.3, 0.4) is 0 Å². The van der Waals surface area contributed by atoms with Crippen molar-refractivity contribution in [2.75, 3.05) is 13.2 Å². The monoisotopic (exact) mass is 486 g/mol. The van der Waals surface area contributed by atoms with Gasteiger partial charge in [-0.1, -0.05) is 24.6 Å². The average molecular weight is 487 g/mol. The molecule has 3 N–H and O–H groups in total. The molecule has 1 aliphatic heterocycles. The molecule has 9 heteroatoms. The third-order valence-corrected chi connectivity index (χ3v) is 5.93. The number of allylic oxidation sites excluding steroid dienone is 2. The molecule has 2 unspecified atom stereocenters. The molecule has 0 radical (unpaired) electrons. The van der Waals surface area contributed by atoms with Gasteiger partial charge in [0.25, 0.3) is 0 Å². The summed E-state index contributed by atoms with van der Waals surface area (Å²) in [6, 6.07) is 0. The van der Waals surface area contributed by atoms with E-state index in [1.807, 2.05) is 6.92 Å². The quantitative estimate of drug-likeness (QED) is 0.250. The molecule has 0 aliphatic carbocycles. The zero-order valence-corrected chi connectivity index (χ0v) is 21.1. The molecule has 34 heavy (non-hydrogen) atoms. The Morgan fingerprint density at radius 2 is 1.85 bits per heavy atom. The minimum atomic E-state index is -1.50.